The molecule has 1 aromatic rings. The molecular weight excluding hydrogens is 256 g/mol. The number of rotatable bonds is 4. The molecule has 3 heteroatoms. The van der Waals surface area contributed by atoms with Crippen LogP contribution in [-0.4, -0.2) is 11.6 Å². The first-order chi connectivity index (χ1) is 7.00. The molecule has 0 N–H and O–H groups in total. The van der Waals surface area contributed by atoms with Crippen molar-refractivity contribution in [2.24, 2.45) is 5.92 Å². The minimum atomic E-state index is -0.233. The Morgan fingerprint density at radius 3 is 2.27 bits per heavy atom. The number of Topliss-reactive ketones (excluding diaryl/α,β-unsaturated/α-hetero) is 2. The van der Waals surface area contributed by atoms with Crippen molar-refractivity contribution in [1.29, 1.82) is 0 Å². The maximum atomic E-state index is 11.8. The minimum Gasteiger partial charge on any atom is -0.300 e. The van der Waals surface area contributed by atoms with E-state index in [9.17, 15) is 9.59 Å². The molecule has 1 atom stereocenters. The van der Waals surface area contributed by atoms with Gasteiger partial charge in [0.2, 0.25) is 0 Å². The molecule has 80 valence electrons. The average molecular weight is 269 g/mol. The van der Waals surface area contributed by atoms with E-state index in [-0.39, 0.29) is 17.5 Å². The molecule has 0 spiro atoms. The summed E-state index contributed by atoms with van der Waals surface area (Å²) in [5.41, 5.74) is 0.659. The molecule has 1 aromatic carbocycles. The number of hydrogen-bond acceptors (Lipinski definition) is 2. The van der Waals surface area contributed by atoms with E-state index in [1.165, 1.54) is 6.92 Å². The highest BCUT2D eigenvalue weighted by Gasteiger charge is 2.16. The van der Waals surface area contributed by atoms with Gasteiger partial charge in [0.1, 0.15) is 5.78 Å². The molecule has 0 saturated heterocycles. The SMILES string of the molecule is CC(=O)CC(C)C(=O)c1ccc(Br)cc1. The van der Waals surface area contributed by atoms with Crippen LogP contribution in [-0.2, 0) is 4.79 Å². The first-order valence-electron chi connectivity index (χ1n) is 4.80. The Morgan fingerprint density at radius 2 is 1.80 bits per heavy atom. The van der Waals surface area contributed by atoms with Crippen LogP contribution in [0.4, 0.5) is 0 Å². The summed E-state index contributed by atoms with van der Waals surface area (Å²) in [6.07, 6.45) is 0.314. The summed E-state index contributed by atoms with van der Waals surface area (Å²) in [4.78, 5) is 22.7. The van der Waals surface area contributed by atoms with Crippen molar-refractivity contribution in [3.8, 4) is 0 Å². The second-order valence-corrected chi connectivity index (χ2v) is 4.59. The molecule has 2 nitrogen and oxygen atoms in total. The lowest BCUT2D eigenvalue weighted by Crippen LogP contribution is -2.14. The van der Waals surface area contributed by atoms with Gasteiger partial charge in [0, 0.05) is 22.4 Å². The molecule has 0 amide bonds. The topological polar surface area (TPSA) is 34.1 Å². The van der Waals surface area contributed by atoms with Gasteiger partial charge in [0.25, 0.3) is 0 Å². The molecular formula is C12H13BrO2. The second kappa shape index (κ2) is 5.21. The zero-order valence-corrected chi connectivity index (χ0v) is 10.4. The number of ketones is 2. The number of carbonyl (C=O) groups is 2. The first kappa shape index (κ1) is 12.1. The van der Waals surface area contributed by atoms with E-state index in [2.05, 4.69) is 15.9 Å². The fourth-order valence-electron chi connectivity index (χ4n) is 1.42. The molecule has 0 heterocycles. The second-order valence-electron chi connectivity index (χ2n) is 3.68. The highest BCUT2D eigenvalue weighted by atomic mass is 79.9. The fraction of sp³-hybridized carbons (Fsp3) is 0.333. The molecule has 0 radical (unpaired) electrons. The molecule has 0 fully saturated rings. The monoisotopic (exact) mass is 268 g/mol. The van der Waals surface area contributed by atoms with Gasteiger partial charge in [-0.15, -0.1) is 0 Å². The van der Waals surface area contributed by atoms with Gasteiger partial charge in [-0.3, -0.25) is 4.79 Å². The Labute approximate surface area is 97.8 Å². The molecule has 15 heavy (non-hydrogen) atoms. The van der Waals surface area contributed by atoms with Crippen LogP contribution in [0.15, 0.2) is 28.7 Å². The summed E-state index contributed by atoms with van der Waals surface area (Å²) in [6, 6.07) is 7.19. The Hall–Kier alpha value is -0.960. The Balaban J connectivity index is 2.76. The van der Waals surface area contributed by atoms with Crippen molar-refractivity contribution in [3.05, 3.63) is 34.3 Å². The van der Waals surface area contributed by atoms with E-state index in [0.29, 0.717) is 12.0 Å². The van der Waals surface area contributed by atoms with Gasteiger partial charge < -0.3 is 4.79 Å². The van der Waals surface area contributed by atoms with Crippen molar-refractivity contribution >= 4 is 27.5 Å². The quantitative estimate of drug-likeness (QED) is 0.786. The van der Waals surface area contributed by atoms with Gasteiger partial charge in [-0.25, -0.2) is 0 Å². The van der Waals surface area contributed by atoms with E-state index >= 15 is 0 Å². The maximum absolute atomic E-state index is 11.8. The lowest BCUT2D eigenvalue weighted by atomic mass is 9.95. The first-order valence-corrected chi connectivity index (χ1v) is 5.59. The van der Waals surface area contributed by atoms with Crippen molar-refractivity contribution in [2.45, 2.75) is 20.3 Å². The number of carbonyl (C=O) groups excluding carboxylic acids is 2. The van der Waals surface area contributed by atoms with E-state index in [1.54, 1.807) is 19.1 Å². The lowest BCUT2D eigenvalue weighted by Gasteiger charge is -2.08. The average Bonchev–Trinajstić information content (AvgIpc) is 2.17. The van der Waals surface area contributed by atoms with Crippen molar-refractivity contribution in [2.75, 3.05) is 0 Å². The molecule has 1 rings (SSSR count). The van der Waals surface area contributed by atoms with E-state index < -0.39 is 0 Å². The zero-order valence-electron chi connectivity index (χ0n) is 8.79. The van der Waals surface area contributed by atoms with Crippen LogP contribution >= 0.6 is 15.9 Å². The van der Waals surface area contributed by atoms with Gasteiger partial charge in [-0.2, -0.15) is 0 Å². The van der Waals surface area contributed by atoms with Gasteiger partial charge in [0.15, 0.2) is 5.78 Å². The highest BCUT2D eigenvalue weighted by Crippen LogP contribution is 2.15. The molecule has 0 aliphatic heterocycles. The highest BCUT2D eigenvalue weighted by molar-refractivity contribution is 9.10. The molecule has 0 saturated carbocycles. The summed E-state index contributed by atoms with van der Waals surface area (Å²) < 4.78 is 0.943. The van der Waals surface area contributed by atoms with Crippen molar-refractivity contribution < 1.29 is 9.59 Å². The predicted molar refractivity (Wildman–Crippen MR) is 62.9 cm³/mol. The van der Waals surface area contributed by atoms with Crippen LogP contribution in [0.2, 0.25) is 0 Å². The Kier molecular flexibility index (Phi) is 4.21. The smallest absolute Gasteiger partial charge is 0.166 e. The Morgan fingerprint density at radius 1 is 1.27 bits per heavy atom. The summed E-state index contributed by atoms with van der Waals surface area (Å²) in [7, 11) is 0. The standard InChI is InChI=1S/C12H13BrO2/c1-8(7-9(2)14)12(15)10-3-5-11(13)6-4-10/h3-6,8H,7H2,1-2H3. The van der Waals surface area contributed by atoms with Crippen LogP contribution < -0.4 is 0 Å². The number of halogens is 1. The number of benzene rings is 1. The van der Waals surface area contributed by atoms with Crippen LogP contribution in [0, 0.1) is 5.92 Å². The third kappa shape index (κ3) is 3.59. The van der Waals surface area contributed by atoms with E-state index in [0.717, 1.165) is 4.47 Å². The van der Waals surface area contributed by atoms with E-state index in [4.69, 9.17) is 0 Å². The van der Waals surface area contributed by atoms with Crippen molar-refractivity contribution in [3.63, 3.8) is 0 Å². The minimum absolute atomic E-state index is 0.0256. The van der Waals surface area contributed by atoms with Gasteiger partial charge in [0.05, 0.1) is 0 Å². The van der Waals surface area contributed by atoms with E-state index in [1.807, 2.05) is 12.1 Å². The maximum Gasteiger partial charge on any atom is 0.166 e. The van der Waals surface area contributed by atoms with Gasteiger partial charge in [-0.05, 0) is 19.1 Å². The normalized spacial score (nSPS) is 12.2. The van der Waals surface area contributed by atoms with Gasteiger partial charge >= 0.3 is 0 Å². The molecule has 0 aliphatic rings. The van der Waals surface area contributed by atoms with Gasteiger partial charge in [-0.1, -0.05) is 35.0 Å². The Bertz CT molecular complexity index is 368. The molecule has 0 aromatic heterocycles. The van der Waals surface area contributed by atoms with Crippen LogP contribution in [0.1, 0.15) is 30.6 Å². The summed E-state index contributed by atoms with van der Waals surface area (Å²) in [6.45, 7) is 3.29. The molecule has 0 aliphatic carbocycles. The third-order valence-corrected chi connectivity index (χ3v) is 2.70. The zero-order chi connectivity index (χ0) is 11.4. The summed E-state index contributed by atoms with van der Waals surface area (Å²) in [5, 5.41) is 0. The fourth-order valence-corrected chi connectivity index (χ4v) is 1.69. The largest absolute Gasteiger partial charge is 0.300 e. The third-order valence-electron chi connectivity index (χ3n) is 2.17. The van der Waals surface area contributed by atoms with Crippen LogP contribution in [0.25, 0.3) is 0 Å². The lowest BCUT2D eigenvalue weighted by molar-refractivity contribution is -0.117. The molecule has 0 bridgehead atoms. The summed E-state index contributed by atoms with van der Waals surface area (Å²) >= 11 is 3.31. The number of hydrogen-bond donors (Lipinski definition) is 0. The predicted octanol–water partition coefficient (Wildman–Crippen LogP) is 3.25. The van der Waals surface area contributed by atoms with Crippen LogP contribution in [0.3, 0.4) is 0 Å². The van der Waals surface area contributed by atoms with Crippen molar-refractivity contribution in [1.82, 2.24) is 0 Å². The van der Waals surface area contributed by atoms with Crippen LogP contribution in [0.5, 0.6) is 0 Å². The molecule has 1 unspecified atom stereocenters. The summed E-state index contributed by atoms with van der Waals surface area (Å²) in [5.74, 6) is -0.158.